The van der Waals surface area contributed by atoms with E-state index in [1.165, 1.54) is 7.11 Å². The number of aromatic nitrogens is 1. The van der Waals surface area contributed by atoms with Crippen LogP contribution in [0.5, 0.6) is 5.75 Å². The van der Waals surface area contributed by atoms with Gasteiger partial charge in [0.15, 0.2) is 6.61 Å². The van der Waals surface area contributed by atoms with E-state index in [0.29, 0.717) is 5.75 Å². The maximum Gasteiger partial charge on any atom is 0.343 e. The number of carbonyl (C=O) groups is 1. The molecule has 0 atom stereocenters. The molecule has 0 N–H and O–H groups in total. The molecular weight excluding hydrogens is 286 g/mol. The van der Waals surface area contributed by atoms with Gasteiger partial charge in [0.1, 0.15) is 5.75 Å². The highest BCUT2D eigenvalue weighted by Gasteiger charge is 2.07. The van der Waals surface area contributed by atoms with E-state index in [-0.39, 0.29) is 6.61 Å². The Labute approximate surface area is 107 Å². The Bertz CT molecular complexity index is 556. The number of ether oxygens (including phenoxy) is 2. The second-order valence-electron chi connectivity index (χ2n) is 3.33. The monoisotopic (exact) mass is 295 g/mol. The minimum atomic E-state index is -0.407. The van der Waals surface area contributed by atoms with E-state index >= 15 is 0 Å². The van der Waals surface area contributed by atoms with Gasteiger partial charge in [-0.25, -0.2) is 4.79 Å². The van der Waals surface area contributed by atoms with Gasteiger partial charge < -0.3 is 9.47 Å². The molecule has 0 bridgehead atoms. The number of hydrogen-bond acceptors (Lipinski definition) is 4. The van der Waals surface area contributed by atoms with Crippen molar-refractivity contribution in [1.29, 1.82) is 0 Å². The molecule has 0 aliphatic heterocycles. The van der Waals surface area contributed by atoms with Crippen molar-refractivity contribution in [2.75, 3.05) is 13.7 Å². The summed E-state index contributed by atoms with van der Waals surface area (Å²) in [7, 11) is 1.33. The summed E-state index contributed by atoms with van der Waals surface area (Å²) in [5.41, 5.74) is 0. The van der Waals surface area contributed by atoms with Crippen LogP contribution in [-0.2, 0) is 9.53 Å². The van der Waals surface area contributed by atoms with Gasteiger partial charge in [0.2, 0.25) is 0 Å². The molecule has 1 heterocycles. The summed E-state index contributed by atoms with van der Waals surface area (Å²) in [6.45, 7) is -0.102. The zero-order valence-electron chi connectivity index (χ0n) is 9.14. The molecule has 0 aliphatic rings. The van der Waals surface area contributed by atoms with E-state index in [9.17, 15) is 4.79 Å². The van der Waals surface area contributed by atoms with Crippen molar-refractivity contribution in [2.24, 2.45) is 0 Å². The molecule has 0 spiro atoms. The summed E-state index contributed by atoms with van der Waals surface area (Å²) in [5, 5.41) is 1.84. The van der Waals surface area contributed by atoms with Gasteiger partial charge in [-0.15, -0.1) is 0 Å². The Morgan fingerprint density at radius 1 is 1.35 bits per heavy atom. The highest BCUT2D eigenvalue weighted by molar-refractivity contribution is 9.10. The standard InChI is InChI=1S/C12H10BrNO3/c1-16-12(15)7-17-11-3-2-10(13)9-6-14-5-4-8(9)11/h2-6H,7H2,1H3. The Kier molecular flexibility index (Phi) is 3.58. The highest BCUT2D eigenvalue weighted by atomic mass is 79.9. The minimum Gasteiger partial charge on any atom is -0.481 e. The third-order valence-corrected chi connectivity index (χ3v) is 2.99. The highest BCUT2D eigenvalue weighted by Crippen LogP contribution is 2.30. The molecule has 88 valence electrons. The smallest absolute Gasteiger partial charge is 0.343 e. The average Bonchev–Trinajstić information content (AvgIpc) is 2.38. The Balaban J connectivity index is 2.35. The van der Waals surface area contributed by atoms with Crippen LogP contribution in [0.3, 0.4) is 0 Å². The number of esters is 1. The second-order valence-corrected chi connectivity index (χ2v) is 4.19. The van der Waals surface area contributed by atoms with Crippen LogP contribution in [0.2, 0.25) is 0 Å². The van der Waals surface area contributed by atoms with Crippen LogP contribution >= 0.6 is 15.9 Å². The van der Waals surface area contributed by atoms with E-state index < -0.39 is 5.97 Å². The molecule has 0 saturated carbocycles. The van der Waals surface area contributed by atoms with Crippen LogP contribution in [0.25, 0.3) is 10.8 Å². The van der Waals surface area contributed by atoms with Gasteiger partial charge in [0.05, 0.1) is 7.11 Å². The van der Waals surface area contributed by atoms with Crippen molar-refractivity contribution in [3.05, 3.63) is 35.1 Å². The van der Waals surface area contributed by atoms with Crippen LogP contribution in [0.15, 0.2) is 35.1 Å². The van der Waals surface area contributed by atoms with Gasteiger partial charge in [0.25, 0.3) is 0 Å². The van der Waals surface area contributed by atoms with Gasteiger partial charge in [-0.3, -0.25) is 4.98 Å². The van der Waals surface area contributed by atoms with Crippen LogP contribution < -0.4 is 4.74 Å². The number of nitrogens with zero attached hydrogens (tertiary/aromatic N) is 1. The summed E-state index contributed by atoms with van der Waals surface area (Å²) in [4.78, 5) is 15.1. The van der Waals surface area contributed by atoms with Crippen LogP contribution in [0, 0.1) is 0 Å². The molecule has 5 heteroatoms. The number of halogens is 1. The van der Waals surface area contributed by atoms with Crippen LogP contribution in [0.1, 0.15) is 0 Å². The Morgan fingerprint density at radius 3 is 2.94 bits per heavy atom. The number of hydrogen-bond donors (Lipinski definition) is 0. The lowest BCUT2D eigenvalue weighted by molar-refractivity contribution is -0.142. The molecular formula is C12H10BrNO3. The van der Waals surface area contributed by atoms with E-state index in [4.69, 9.17) is 4.74 Å². The number of fused-ring (bicyclic) bond motifs is 1. The third-order valence-electron chi connectivity index (χ3n) is 2.30. The molecule has 0 amide bonds. The van der Waals surface area contributed by atoms with Gasteiger partial charge in [0, 0.05) is 27.6 Å². The third kappa shape index (κ3) is 2.55. The number of pyridine rings is 1. The van der Waals surface area contributed by atoms with Crippen LogP contribution in [0.4, 0.5) is 0 Å². The first-order valence-electron chi connectivity index (χ1n) is 4.94. The lowest BCUT2D eigenvalue weighted by Gasteiger charge is -2.08. The van der Waals surface area contributed by atoms with Crippen molar-refractivity contribution in [1.82, 2.24) is 4.98 Å². The molecule has 0 aliphatic carbocycles. The van der Waals surface area contributed by atoms with Gasteiger partial charge in [-0.05, 0) is 18.2 Å². The number of rotatable bonds is 3. The van der Waals surface area contributed by atoms with Crippen molar-refractivity contribution < 1.29 is 14.3 Å². The molecule has 0 saturated heterocycles. The van der Waals surface area contributed by atoms with E-state index in [2.05, 4.69) is 25.7 Å². The quantitative estimate of drug-likeness (QED) is 0.817. The number of methoxy groups -OCH3 is 1. The number of carbonyl (C=O) groups excluding carboxylic acids is 1. The predicted octanol–water partition coefficient (Wildman–Crippen LogP) is 2.55. The molecule has 4 nitrogen and oxygen atoms in total. The van der Waals surface area contributed by atoms with Crippen molar-refractivity contribution in [3.8, 4) is 5.75 Å². The summed E-state index contributed by atoms with van der Waals surface area (Å²) in [6, 6.07) is 5.50. The zero-order chi connectivity index (χ0) is 12.3. The lowest BCUT2D eigenvalue weighted by atomic mass is 10.1. The maximum atomic E-state index is 11.0. The minimum absolute atomic E-state index is 0.102. The first-order chi connectivity index (χ1) is 8.22. The average molecular weight is 296 g/mol. The molecule has 1 aromatic carbocycles. The first kappa shape index (κ1) is 11.9. The van der Waals surface area contributed by atoms with Crippen LogP contribution in [-0.4, -0.2) is 24.7 Å². The SMILES string of the molecule is COC(=O)COc1ccc(Br)c2cnccc12. The Hall–Kier alpha value is -1.62. The lowest BCUT2D eigenvalue weighted by Crippen LogP contribution is -2.12. The molecule has 0 unspecified atom stereocenters. The van der Waals surface area contributed by atoms with Crippen molar-refractivity contribution >= 4 is 32.7 Å². The predicted molar refractivity (Wildman–Crippen MR) is 67.0 cm³/mol. The fourth-order valence-electron chi connectivity index (χ4n) is 1.45. The molecule has 0 fully saturated rings. The van der Waals surface area contributed by atoms with E-state index in [1.807, 2.05) is 12.1 Å². The molecule has 17 heavy (non-hydrogen) atoms. The van der Waals surface area contributed by atoms with Crippen molar-refractivity contribution in [3.63, 3.8) is 0 Å². The fourth-order valence-corrected chi connectivity index (χ4v) is 1.90. The molecule has 2 aromatic rings. The van der Waals surface area contributed by atoms with Gasteiger partial charge in [-0.2, -0.15) is 0 Å². The second kappa shape index (κ2) is 5.14. The Morgan fingerprint density at radius 2 is 2.18 bits per heavy atom. The van der Waals surface area contributed by atoms with E-state index in [0.717, 1.165) is 15.2 Å². The normalized spacial score (nSPS) is 10.2. The maximum absolute atomic E-state index is 11.0. The summed E-state index contributed by atoms with van der Waals surface area (Å²) >= 11 is 3.44. The van der Waals surface area contributed by atoms with Gasteiger partial charge in [-0.1, -0.05) is 15.9 Å². The summed E-state index contributed by atoms with van der Waals surface area (Å²) < 4.78 is 10.9. The van der Waals surface area contributed by atoms with Gasteiger partial charge >= 0.3 is 5.97 Å². The van der Waals surface area contributed by atoms with Crippen molar-refractivity contribution in [2.45, 2.75) is 0 Å². The largest absolute Gasteiger partial charge is 0.481 e. The molecule has 0 radical (unpaired) electrons. The fraction of sp³-hybridized carbons (Fsp3) is 0.167. The van der Waals surface area contributed by atoms with E-state index in [1.54, 1.807) is 18.5 Å². The summed E-state index contributed by atoms with van der Waals surface area (Å²) in [6.07, 6.45) is 3.42. The zero-order valence-corrected chi connectivity index (χ0v) is 10.7. The molecule has 1 aromatic heterocycles. The topological polar surface area (TPSA) is 48.4 Å². The summed E-state index contributed by atoms with van der Waals surface area (Å²) in [5.74, 6) is 0.228. The first-order valence-corrected chi connectivity index (χ1v) is 5.73. The number of benzene rings is 1. The molecule has 2 rings (SSSR count).